The molecule has 1 fully saturated rings. The van der Waals surface area contributed by atoms with Crippen LogP contribution in [0, 0.1) is 18.3 Å². The van der Waals surface area contributed by atoms with Crippen LogP contribution < -0.4 is 14.2 Å². The van der Waals surface area contributed by atoms with Crippen LogP contribution in [0.2, 0.25) is 0 Å². The zero-order chi connectivity index (χ0) is 28.1. The predicted octanol–water partition coefficient (Wildman–Crippen LogP) is 6.61. The van der Waals surface area contributed by atoms with Crippen molar-refractivity contribution in [3.05, 3.63) is 58.7 Å². The second kappa shape index (κ2) is 12.7. The van der Waals surface area contributed by atoms with Crippen LogP contribution in [0.4, 0.5) is 0 Å². The van der Waals surface area contributed by atoms with Crippen molar-refractivity contribution < 1.29 is 19.0 Å². The van der Waals surface area contributed by atoms with E-state index in [4.69, 9.17) is 19.6 Å². The van der Waals surface area contributed by atoms with E-state index < -0.39 is 5.91 Å². The van der Waals surface area contributed by atoms with Gasteiger partial charge in [0.05, 0.1) is 12.2 Å². The van der Waals surface area contributed by atoms with Gasteiger partial charge >= 0.3 is 0 Å². The van der Waals surface area contributed by atoms with Gasteiger partial charge in [0.2, 0.25) is 5.17 Å². The van der Waals surface area contributed by atoms with E-state index in [0.717, 1.165) is 30.1 Å². The molecule has 2 aromatic carbocycles. The molecule has 0 radical (unpaired) electrons. The van der Waals surface area contributed by atoms with E-state index >= 15 is 0 Å². The van der Waals surface area contributed by atoms with Gasteiger partial charge in [-0.2, -0.15) is 15.1 Å². The molecule has 5 rings (SSSR count). The summed E-state index contributed by atoms with van der Waals surface area (Å²) in [6.07, 6.45) is 8.47. The van der Waals surface area contributed by atoms with Crippen LogP contribution in [-0.2, 0) is 11.2 Å². The predicted molar refractivity (Wildman–Crippen MR) is 161 cm³/mol. The number of amides is 1. The zero-order valence-corrected chi connectivity index (χ0v) is 24.2. The quantitative estimate of drug-likeness (QED) is 0.259. The van der Waals surface area contributed by atoms with Crippen molar-refractivity contribution in [2.24, 2.45) is 16.0 Å². The minimum Gasteiger partial charge on any atom is -0.490 e. The number of hydrazone groups is 1. The maximum atomic E-state index is 12.9. The summed E-state index contributed by atoms with van der Waals surface area (Å²) < 4.78 is 17.7. The molecule has 1 saturated carbocycles. The van der Waals surface area contributed by atoms with E-state index in [1.165, 1.54) is 47.2 Å². The first-order valence-electron chi connectivity index (χ1n) is 14.1. The number of carbonyl (C=O) groups is 1. The average molecular weight is 561 g/mol. The molecular weight excluding hydrogens is 524 g/mol. The van der Waals surface area contributed by atoms with Crippen molar-refractivity contribution in [2.75, 3.05) is 19.8 Å². The van der Waals surface area contributed by atoms with Gasteiger partial charge in [-0.05, 0) is 91.9 Å². The fourth-order valence-electron chi connectivity index (χ4n) is 5.11. The number of benzene rings is 2. The summed E-state index contributed by atoms with van der Waals surface area (Å²) in [5.41, 5.74) is 3.33. The fraction of sp³-hybridized carbons (Fsp3) is 0.419. The second-order valence-corrected chi connectivity index (χ2v) is 11.1. The van der Waals surface area contributed by atoms with Gasteiger partial charge in [0.1, 0.15) is 24.0 Å². The van der Waals surface area contributed by atoms with Gasteiger partial charge in [0, 0.05) is 5.92 Å². The fourth-order valence-corrected chi connectivity index (χ4v) is 6.17. The van der Waals surface area contributed by atoms with Crippen LogP contribution in [0.25, 0.3) is 6.08 Å². The molecule has 1 aliphatic carbocycles. The average Bonchev–Trinajstić information content (AvgIpc) is 3.39. The molecule has 2 heterocycles. The molecule has 40 heavy (non-hydrogen) atoms. The lowest BCUT2D eigenvalue weighted by Crippen LogP contribution is -2.35. The number of fused-ring (bicyclic) bond motifs is 1. The molecule has 0 saturated heterocycles. The summed E-state index contributed by atoms with van der Waals surface area (Å²) in [7, 11) is 0. The molecule has 2 aromatic rings. The molecule has 0 unspecified atom stereocenters. The van der Waals surface area contributed by atoms with E-state index in [2.05, 4.69) is 36.1 Å². The third-order valence-corrected chi connectivity index (χ3v) is 8.20. The molecule has 0 atom stereocenters. The van der Waals surface area contributed by atoms with Crippen LogP contribution in [0.15, 0.2) is 52.1 Å². The number of thioether (sulfide) groups is 1. The summed E-state index contributed by atoms with van der Waals surface area (Å²) in [6.45, 7) is 7.30. The molecule has 2 aliphatic heterocycles. The maximum absolute atomic E-state index is 12.9. The van der Waals surface area contributed by atoms with Crippen molar-refractivity contribution in [3.63, 3.8) is 0 Å². The Morgan fingerprint density at radius 2 is 1.82 bits per heavy atom. The summed E-state index contributed by atoms with van der Waals surface area (Å²) in [4.78, 5) is 17.2. The first-order valence-corrected chi connectivity index (χ1v) is 14.9. The first-order chi connectivity index (χ1) is 19.4. The smallest absolute Gasteiger partial charge is 0.283 e. The molecule has 0 spiro atoms. The molecule has 8 nitrogen and oxygen atoms in total. The SMILES string of the molecule is CCOc1cc(/C=C2/C(=N)N3N=C(C4CCCCC4)SC3=NC2=O)ccc1OCCOc1cc(C)cc(CC)c1. The van der Waals surface area contributed by atoms with Crippen molar-refractivity contribution in [2.45, 2.75) is 59.3 Å². The zero-order valence-electron chi connectivity index (χ0n) is 23.4. The van der Waals surface area contributed by atoms with Gasteiger partial charge in [-0.1, -0.05) is 38.3 Å². The van der Waals surface area contributed by atoms with Crippen LogP contribution in [0.5, 0.6) is 17.2 Å². The topological polar surface area (TPSA) is 96.6 Å². The Balaban J connectivity index is 1.26. The number of hydrogen-bond donors (Lipinski definition) is 1. The Labute approximate surface area is 240 Å². The highest BCUT2D eigenvalue weighted by molar-refractivity contribution is 8.27. The van der Waals surface area contributed by atoms with E-state index in [0.29, 0.717) is 48.0 Å². The van der Waals surface area contributed by atoms with Gasteiger partial charge in [-0.3, -0.25) is 10.2 Å². The van der Waals surface area contributed by atoms with Crippen molar-refractivity contribution in [1.82, 2.24) is 5.01 Å². The van der Waals surface area contributed by atoms with Gasteiger partial charge in [0.25, 0.3) is 5.91 Å². The van der Waals surface area contributed by atoms with E-state index in [1.807, 2.05) is 31.2 Å². The Bertz CT molecular complexity index is 1380. The lowest BCUT2D eigenvalue weighted by molar-refractivity contribution is -0.114. The van der Waals surface area contributed by atoms with Gasteiger partial charge in [0.15, 0.2) is 17.3 Å². The summed E-state index contributed by atoms with van der Waals surface area (Å²) >= 11 is 1.43. The lowest BCUT2D eigenvalue weighted by Gasteiger charge is -2.20. The molecule has 0 aromatic heterocycles. The standard InChI is InChI=1S/C31H36N4O4S/c1-4-21-15-20(3)16-24(17-21)38-13-14-39-26-12-11-22(19-27(26)37-5-2)18-25-28(32)35-31(33-29(25)36)40-30(34-35)23-9-7-6-8-10-23/h11-12,15-19,23,32H,4-10,13-14H2,1-3H3/b25-18-,32-28?. The summed E-state index contributed by atoms with van der Waals surface area (Å²) in [5, 5.41) is 16.4. The molecular formula is C31H36N4O4S. The lowest BCUT2D eigenvalue weighted by atomic mass is 9.90. The van der Waals surface area contributed by atoms with Crippen LogP contribution >= 0.6 is 11.8 Å². The molecule has 210 valence electrons. The number of nitrogens with one attached hydrogen (secondary N) is 1. The highest BCUT2D eigenvalue weighted by Gasteiger charge is 2.38. The van der Waals surface area contributed by atoms with Crippen molar-refractivity contribution in [3.8, 4) is 17.2 Å². The number of hydrogen-bond acceptors (Lipinski definition) is 7. The number of amidine groups is 2. The monoisotopic (exact) mass is 560 g/mol. The molecule has 9 heteroatoms. The largest absolute Gasteiger partial charge is 0.490 e. The van der Waals surface area contributed by atoms with Crippen LogP contribution in [0.1, 0.15) is 62.6 Å². The van der Waals surface area contributed by atoms with E-state index in [9.17, 15) is 4.79 Å². The van der Waals surface area contributed by atoms with E-state index in [1.54, 1.807) is 6.08 Å². The highest BCUT2D eigenvalue weighted by atomic mass is 32.2. The van der Waals surface area contributed by atoms with Crippen LogP contribution in [-0.4, -0.2) is 46.8 Å². The van der Waals surface area contributed by atoms with Crippen LogP contribution in [0.3, 0.4) is 0 Å². The third kappa shape index (κ3) is 6.41. The minimum absolute atomic E-state index is 0.0473. The number of aliphatic imine (C=N–C) groups is 1. The van der Waals surface area contributed by atoms with Gasteiger partial charge < -0.3 is 14.2 Å². The maximum Gasteiger partial charge on any atom is 0.283 e. The van der Waals surface area contributed by atoms with Crippen molar-refractivity contribution in [1.29, 1.82) is 5.41 Å². The number of rotatable bonds is 10. The van der Waals surface area contributed by atoms with Gasteiger partial charge in [-0.25, -0.2) is 0 Å². The minimum atomic E-state index is -0.429. The first kappa shape index (κ1) is 28.0. The van der Waals surface area contributed by atoms with Crippen molar-refractivity contribution >= 4 is 39.8 Å². The Kier molecular flexibility index (Phi) is 8.89. The third-order valence-electron chi connectivity index (χ3n) is 7.13. The highest BCUT2D eigenvalue weighted by Crippen LogP contribution is 2.36. The summed E-state index contributed by atoms with van der Waals surface area (Å²) in [6, 6.07) is 11.7. The number of carbonyl (C=O) groups excluding carboxylic acids is 1. The van der Waals surface area contributed by atoms with E-state index in [-0.39, 0.29) is 11.4 Å². The molecule has 0 bridgehead atoms. The molecule has 3 aliphatic rings. The molecule has 1 amide bonds. The number of ether oxygens (including phenoxy) is 3. The number of aryl methyl sites for hydroxylation is 2. The Morgan fingerprint density at radius 3 is 2.60 bits per heavy atom. The normalized spacial score (nSPS) is 18.5. The summed E-state index contributed by atoms with van der Waals surface area (Å²) in [5.74, 6) is 2.00. The molecule has 1 N–H and O–H groups in total. The Hall–Kier alpha value is -3.59. The number of nitrogens with zero attached hydrogens (tertiary/aromatic N) is 3. The Morgan fingerprint density at radius 1 is 1.02 bits per heavy atom. The second-order valence-electron chi connectivity index (χ2n) is 10.1. The van der Waals surface area contributed by atoms with Gasteiger partial charge in [-0.15, -0.1) is 0 Å².